The first-order chi connectivity index (χ1) is 8.73. The molecule has 0 saturated carbocycles. The predicted molar refractivity (Wildman–Crippen MR) is 72.9 cm³/mol. The van der Waals surface area contributed by atoms with Crippen molar-refractivity contribution in [2.45, 2.75) is 19.8 Å². The van der Waals surface area contributed by atoms with Gasteiger partial charge in [0.25, 0.3) is 0 Å². The van der Waals surface area contributed by atoms with Gasteiger partial charge in [0, 0.05) is 0 Å². The van der Waals surface area contributed by atoms with Crippen molar-refractivity contribution in [2.24, 2.45) is 5.41 Å². The smallest absolute Gasteiger partial charge is 0.323 e. The fourth-order valence-electron chi connectivity index (χ4n) is 2.16. The Morgan fingerprint density at radius 3 is 2.67 bits per heavy atom. The third-order valence-corrected chi connectivity index (χ3v) is 3.23. The Morgan fingerprint density at radius 1 is 1.33 bits per heavy atom. The molecule has 0 N–H and O–H groups in total. The molecule has 0 heterocycles. The van der Waals surface area contributed by atoms with Crippen LogP contribution in [0.4, 0.5) is 0 Å². The van der Waals surface area contributed by atoms with Gasteiger partial charge in [0.15, 0.2) is 0 Å². The molecule has 0 spiro atoms. The van der Waals surface area contributed by atoms with E-state index in [1.807, 2.05) is 48.6 Å². The lowest BCUT2D eigenvalue weighted by atomic mass is 9.96. The summed E-state index contributed by atoms with van der Waals surface area (Å²) in [7, 11) is 1.44. The van der Waals surface area contributed by atoms with Gasteiger partial charge in [0.05, 0.1) is 7.11 Å². The van der Waals surface area contributed by atoms with E-state index in [9.17, 15) is 4.79 Å². The normalized spacial score (nSPS) is 21.8. The molecule has 1 aromatic carbocycles. The van der Waals surface area contributed by atoms with Gasteiger partial charge in [-0.15, -0.1) is 0 Å². The summed E-state index contributed by atoms with van der Waals surface area (Å²) in [6, 6.07) is 9.98. The van der Waals surface area contributed by atoms with Crippen LogP contribution in [0.5, 0.6) is 0 Å². The van der Waals surface area contributed by atoms with Crippen molar-refractivity contribution in [3.63, 3.8) is 0 Å². The Hall–Kier alpha value is -1.83. The molecule has 0 bridgehead atoms. The van der Waals surface area contributed by atoms with E-state index < -0.39 is 5.41 Å². The van der Waals surface area contributed by atoms with Gasteiger partial charge in [-0.25, -0.2) is 0 Å². The van der Waals surface area contributed by atoms with Crippen molar-refractivity contribution in [1.29, 1.82) is 0 Å². The van der Waals surface area contributed by atoms with Gasteiger partial charge < -0.3 is 4.74 Å². The van der Waals surface area contributed by atoms with Crippen LogP contribution in [0.3, 0.4) is 0 Å². The molecule has 2 nitrogen and oxygen atoms in total. The first kappa shape index (κ1) is 12.6. The number of ether oxygens (including phenoxy) is 1. The maximum absolute atomic E-state index is 11.9. The Labute approximate surface area is 108 Å². The minimum absolute atomic E-state index is 0.182. The molecule has 0 saturated heterocycles. The molecule has 0 unspecified atom stereocenters. The number of carbonyl (C=O) groups excluding carboxylic acids is 1. The molecule has 0 radical (unpaired) electrons. The van der Waals surface area contributed by atoms with Crippen molar-refractivity contribution in [2.75, 3.05) is 7.11 Å². The van der Waals surface area contributed by atoms with E-state index in [4.69, 9.17) is 4.74 Å². The molecule has 0 aromatic heterocycles. The number of carbonyl (C=O) groups is 1. The molecule has 1 atom stereocenters. The van der Waals surface area contributed by atoms with Crippen molar-refractivity contribution in [3.05, 3.63) is 53.6 Å². The maximum Gasteiger partial charge on any atom is 0.323 e. The molecule has 0 amide bonds. The Bertz CT molecular complexity index is 485. The fourth-order valence-corrected chi connectivity index (χ4v) is 2.16. The quantitative estimate of drug-likeness (QED) is 0.582. The van der Waals surface area contributed by atoms with Gasteiger partial charge in [0.2, 0.25) is 0 Å². The van der Waals surface area contributed by atoms with Gasteiger partial charge in [-0.1, -0.05) is 61.9 Å². The Morgan fingerprint density at radius 2 is 2.06 bits per heavy atom. The van der Waals surface area contributed by atoms with E-state index >= 15 is 0 Å². The van der Waals surface area contributed by atoms with Gasteiger partial charge >= 0.3 is 5.97 Å². The zero-order valence-corrected chi connectivity index (χ0v) is 10.8. The van der Waals surface area contributed by atoms with Crippen LogP contribution in [0.2, 0.25) is 0 Å². The number of hydrogen-bond donors (Lipinski definition) is 0. The highest BCUT2D eigenvalue weighted by atomic mass is 16.5. The third kappa shape index (κ3) is 2.37. The average Bonchev–Trinajstić information content (AvgIpc) is 3.12. The first-order valence-electron chi connectivity index (χ1n) is 6.28. The Balaban J connectivity index is 2.14. The summed E-state index contributed by atoms with van der Waals surface area (Å²) in [4.78, 5) is 11.9. The predicted octanol–water partition coefficient (Wildman–Crippen LogP) is 3.60. The van der Waals surface area contributed by atoms with E-state index in [1.165, 1.54) is 12.7 Å². The second-order valence-electron chi connectivity index (χ2n) is 4.52. The average molecular weight is 242 g/mol. The second kappa shape index (κ2) is 5.21. The summed E-state index contributed by atoms with van der Waals surface area (Å²) in [5.74, 6) is -0.182. The summed E-state index contributed by atoms with van der Waals surface area (Å²) < 4.78 is 4.90. The number of methoxy groups -OCH3 is 1. The first-order valence-corrected chi connectivity index (χ1v) is 6.28. The number of hydrogen-bond acceptors (Lipinski definition) is 2. The molecule has 2 rings (SSSR count). The van der Waals surface area contributed by atoms with E-state index in [1.54, 1.807) is 0 Å². The monoisotopic (exact) mass is 242 g/mol. The minimum Gasteiger partial charge on any atom is -0.468 e. The van der Waals surface area contributed by atoms with Crippen molar-refractivity contribution >= 4 is 12.0 Å². The molecule has 94 valence electrons. The van der Waals surface area contributed by atoms with Crippen LogP contribution in [-0.2, 0) is 9.53 Å². The number of benzene rings is 1. The van der Waals surface area contributed by atoms with E-state index in [2.05, 4.69) is 6.92 Å². The van der Waals surface area contributed by atoms with Gasteiger partial charge in [-0.05, 0) is 17.6 Å². The Kier molecular flexibility index (Phi) is 3.66. The lowest BCUT2D eigenvalue weighted by Crippen LogP contribution is -2.18. The van der Waals surface area contributed by atoms with E-state index in [0.717, 1.165) is 18.4 Å². The van der Waals surface area contributed by atoms with Crippen LogP contribution >= 0.6 is 0 Å². The molecule has 0 fully saturated rings. The van der Waals surface area contributed by atoms with Crippen LogP contribution in [0.15, 0.2) is 48.1 Å². The third-order valence-electron chi connectivity index (χ3n) is 3.23. The molecule has 1 aliphatic carbocycles. The SMILES string of the molecule is CCCC1=C[C@@]1(/C=C/c1ccccc1)C(=O)OC. The van der Waals surface area contributed by atoms with Crippen molar-refractivity contribution in [3.8, 4) is 0 Å². The zero-order valence-electron chi connectivity index (χ0n) is 10.8. The van der Waals surface area contributed by atoms with Crippen molar-refractivity contribution in [1.82, 2.24) is 0 Å². The lowest BCUT2D eigenvalue weighted by Gasteiger charge is -2.11. The summed E-state index contributed by atoms with van der Waals surface area (Å²) in [5.41, 5.74) is 1.70. The largest absolute Gasteiger partial charge is 0.468 e. The molecule has 0 aliphatic heterocycles. The summed E-state index contributed by atoms with van der Waals surface area (Å²) in [6.45, 7) is 2.11. The minimum atomic E-state index is -0.569. The standard InChI is InChI=1S/C16H18O2/c1-3-7-14-12-16(14,15(17)18-2)11-10-13-8-5-4-6-9-13/h4-6,8-12H,3,7H2,1-2H3/b11-10+/t16-/m1/s1. The molecule has 2 heteroatoms. The van der Waals surface area contributed by atoms with E-state index in [-0.39, 0.29) is 5.97 Å². The van der Waals surface area contributed by atoms with Crippen LogP contribution in [-0.4, -0.2) is 13.1 Å². The molecular formula is C16H18O2. The topological polar surface area (TPSA) is 26.3 Å². The molecule has 1 aliphatic rings. The molecule has 18 heavy (non-hydrogen) atoms. The highest BCUT2D eigenvalue weighted by molar-refractivity contribution is 5.92. The van der Waals surface area contributed by atoms with Crippen LogP contribution in [0.1, 0.15) is 25.3 Å². The lowest BCUT2D eigenvalue weighted by molar-refractivity contribution is -0.144. The number of rotatable bonds is 5. The van der Waals surface area contributed by atoms with E-state index in [0.29, 0.717) is 0 Å². The van der Waals surface area contributed by atoms with Crippen LogP contribution < -0.4 is 0 Å². The highest BCUT2D eigenvalue weighted by Crippen LogP contribution is 2.49. The number of esters is 1. The summed E-state index contributed by atoms with van der Waals surface area (Å²) in [5, 5.41) is 0. The van der Waals surface area contributed by atoms with Gasteiger partial charge in [0.1, 0.15) is 5.41 Å². The summed E-state index contributed by atoms with van der Waals surface area (Å²) >= 11 is 0. The fraction of sp³-hybridized carbons (Fsp3) is 0.312. The zero-order chi connectivity index (χ0) is 13.0. The highest BCUT2D eigenvalue weighted by Gasteiger charge is 2.48. The van der Waals surface area contributed by atoms with Gasteiger partial charge in [-0.2, -0.15) is 0 Å². The maximum atomic E-state index is 11.9. The van der Waals surface area contributed by atoms with Crippen LogP contribution in [0, 0.1) is 5.41 Å². The van der Waals surface area contributed by atoms with Crippen LogP contribution in [0.25, 0.3) is 6.08 Å². The van der Waals surface area contributed by atoms with Gasteiger partial charge in [-0.3, -0.25) is 4.79 Å². The summed E-state index contributed by atoms with van der Waals surface area (Å²) in [6.07, 6.45) is 7.93. The molecule has 1 aromatic rings. The van der Waals surface area contributed by atoms with Crippen molar-refractivity contribution < 1.29 is 9.53 Å². The second-order valence-corrected chi connectivity index (χ2v) is 4.52. The molecular weight excluding hydrogens is 224 g/mol.